The second-order valence-electron chi connectivity index (χ2n) is 3.62. The topological polar surface area (TPSA) is 109 Å². The number of halogens is 1. The van der Waals surface area contributed by atoms with E-state index in [-0.39, 0.29) is 16.4 Å². The highest BCUT2D eigenvalue weighted by Gasteiger charge is 2.19. The largest absolute Gasteiger partial charge is 0.478 e. The van der Waals surface area contributed by atoms with Crippen LogP contribution in [0.3, 0.4) is 0 Å². The number of hydrogen-bond donors (Lipinski definition) is 2. The summed E-state index contributed by atoms with van der Waals surface area (Å²) < 4.78 is 26.6. The summed E-state index contributed by atoms with van der Waals surface area (Å²) in [7, 11) is -3.95. The van der Waals surface area contributed by atoms with Gasteiger partial charge in [0.25, 0.3) is 10.0 Å². The first-order chi connectivity index (χ1) is 9.40. The van der Waals surface area contributed by atoms with E-state index in [2.05, 4.69) is 30.6 Å². The summed E-state index contributed by atoms with van der Waals surface area (Å²) in [6, 6.07) is 5.23. The van der Waals surface area contributed by atoms with Crippen molar-refractivity contribution < 1.29 is 18.3 Å². The average molecular weight is 358 g/mol. The van der Waals surface area contributed by atoms with Gasteiger partial charge >= 0.3 is 5.97 Å². The minimum Gasteiger partial charge on any atom is -0.478 e. The number of rotatable bonds is 4. The summed E-state index contributed by atoms with van der Waals surface area (Å²) in [6.45, 7) is 0. The smallest absolute Gasteiger partial charge is 0.336 e. The van der Waals surface area contributed by atoms with Crippen molar-refractivity contribution in [2.45, 2.75) is 4.90 Å². The Morgan fingerprint density at radius 1 is 1.25 bits per heavy atom. The number of carboxylic acid groups (broad SMARTS) is 1. The summed E-state index contributed by atoms with van der Waals surface area (Å²) in [5.74, 6) is -1.32. The number of hydrogen-bond acceptors (Lipinski definition) is 5. The highest BCUT2D eigenvalue weighted by molar-refractivity contribution is 9.10. The maximum absolute atomic E-state index is 12.1. The number of nitrogens with one attached hydrogen (secondary N) is 1. The van der Waals surface area contributed by atoms with Crippen LogP contribution in [0.25, 0.3) is 0 Å². The third-order valence-electron chi connectivity index (χ3n) is 2.27. The predicted octanol–water partition coefficient (Wildman–Crippen LogP) is 1.74. The molecule has 0 unspecified atom stereocenters. The second-order valence-corrected chi connectivity index (χ2v) is 6.16. The average Bonchev–Trinajstić information content (AvgIpc) is 2.39. The first kappa shape index (κ1) is 14.4. The normalized spacial score (nSPS) is 11.1. The molecule has 20 heavy (non-hydrogen) atoms. The van der Waals surface area contributed by atoms with E-state index in [1.54, 1.807) is 6.07 Å². The van der Waals surface area contributed by atoms with E-state index in [1.165, 1.54) is 24.5 Å². The van der Waals surface area contributed by atoms with Crippen molar-refractivity contribution in [3.8, 4) is 0 Å². The molecule has 0 saturated heterocycles. The standard InChI is InChI=1S/C11H8BrN3O4S/c12-9-3-2-7(6-8(9)10(16)17)20(18,19)15-11-13-4-1-5-14-11/h1-6H,(H,16,17)(H,13,14,15). The molecule has 2 aromatic rings. The van der Waals surface area contributed by atoms with E-state index in [0.717, 1.165) is 6.07 Å². The number of carbonyl (C=O) groups is 1. The van der Waals surface area contributed by atoms with Gasteiger partial charge in [0.05, 0.1) is 10.5 Å². The van der Waals surface area contributed by atoms with Crippen LogP contribution in [0.1, 0.15) is 10.4 Å². The van der Waals surface area contributed by atoms with E-state index < -0.39 is 16.0 Å². The fraction of sp³-hybridized carbons (Fsp3) is 0. The lowest BCUT2D eigenvalue weighted by Crippen LogP contribution is -2.15. The van der Waals surface area contributed by atoms with Crippen molar-refractivity contribution in [1.82, 2.24) is 9.97 Å². The SMILES string of the molecule is O=C(O)c1cc(S(=O)(=O)Nc2ncccn2)ccc1Br. The van der Waals surface area contributed by atoms with Gasteiger partial charge in [-0.3, -0.25) is 0 Å². The summed E-state index contributed by atoms with van der Waals surface area (Å²) in [4.78, 5) is 18.3. The van der Waals surface area contributed by atoms with Gasteiger partial charge in [-0.2, -0.15) is 0 Å². The highest BCUT2D eigenvalue weighted by atomic mass is 79.9. The molecule has 1 aromatic heterocycles. The highest BCUT2D eigenvalue weighted by Crippen LogP contribution is 2.22. The van der Waals surface area contributed by atoms with Gasteiger partial charge < -0.3 is 5.11 Å². The quantitative estimate of drug-likeness (QED) is 0.862. The van der Waals surface area contributed by atoms with Crippen LogP contribution in [0.4, 0.5) is 5.95 Å². The minimum absolute atomic E-state index is 0.0905. The van der Waals surface area contributed by atoms with Crippen molar-refractivity contribution in [2.24, 2.45) is 0 Å². The van der Waals surface area contributed by atoms with E-state index in [4.69, 9.17) is 5.11 Å². The molecule has 0 atom stereocenters. The molecule has 0 spiro atoms. The Kier molecular flexibility index (Phi) is 4.00. The Bertz CT molecular complexity index is 750. The summed E-state index contributed by atoms with van der Waals surface area (Å²) in [6.07, 6.45) is 2.77. The first-order valence-electron chi connectivity index (χ1n) is 5.23. The van der Waals surface area contributed by atoms with Gasteiger partial charge in [0.2, 0.25) is 5.95 Å². The van der Waals surface area contributed by atoms with Crippen LogP contribution < -0.4 is 4.72 Å². The van der Waals surface area contributed by atoms with Gasteiger partial charge in [0.15, 0.2) is 0 Å². The number of aromatic carboxylic acids is 1. The van der Waals surface area contributed by atoms with Gasteiger partial charge in [0.1, 0.15) is 0 Å². The molecule has 0 amide bonds. The molecule has 104 valence electrons. The lowest BCUT2D eigenvalue weighted by atomic mass is 10.2. The molecular weight excluding hydrogens is 350 g/mol. The monoisotopic (exact) mass is 357 g/mol. The predicted molar refractivity (Wildman–Crippen MR) is 73.9 cm³/mol. The molecule has 0 aliphatic heterocycles. The van der Waals surface area contributed by atoms with E-state index in [0.29, 0.717) is 4.47 Å². The number of nitrogens with zero attached hydrogens (tertiary/aromatic N) is 2. The molecule has 2 N–H and O–H groups in total. The molecule has 1 aromatic carbocycles. The van der Waals surface area contributed by atoms with Crippen LogP contribution in [-0.2, 0) is 10.0 Å². The van der Waals surface area contributed by atoms with E-state index in [1.807, 2.05) is 0 Å². The zero-order valence-corrected chi connectivity index (χ0v) is 12.2. The third-order valence-corrected chi connectivity index (χ3v) is 4.29. The number of benzene rings is 1. The number of sulfonamides is 1. The van der Waals surface area contributed by atoms with Crippen LogP contribution in [0.5, 0.6) is 0 Å². The molecule has 0 aliphatic carbocycles. The molecule has 0 radical (unpaired) electrons. The zero-order chi connectivity index (χ0) is 14.8. The van der Waals surface area contributed by atoms with Crippen molar-refractivity contribution in [1.29, 1.82) is 0 Å². The Morgan fingerprint density at radius 2 is 1.90 bits per heavy atom. The van der Waals surface area contributed by atoms with Gasteiger partial charge in [-0.1, -0.05) is 0 Å². The second kappa shape index (κ2) is 5.55. The summed E-state index contributed by atoms with van der Waals surface area (Å²) in [5, 5.41) is 8.98. The van der Waals surface area contributed by atoms with Gasteiger partial charge in [-0.05, 0) is 40.2 Å². The molecule has 9 heteroatoms. The number of aromatic nitrogens is 2. The summed E-state index contributed by atoms with van der Waals surface area (Å²) in [5.41, 5.74) is -0.151. The van der Waals surface area contributed by atoms with E-state index in [9.17, 15) is 13.2 Å². The van der Waals surface area contributed by atoms with Crippen molar-refractivity contribution in [3.63, 3.8) is 0 Å². The van der Waals surface area contributed by atoms with Crippen molar-refractivity contribution in [3.05, 3.63) is 46.7 Å². The zero-order valence-electron chi connectivity index (χ0n) is 9.82. The number of carboxylic acids is 1. The van der Waals surface area contributed by atoms with Gasteiger partial charge in [-0.15, -0.1) is 0 Å². The minimum atomic E-state index is -3.95. The van der Waals surface area contributed by atoms with Crippen molar-refractivity contribution >= 4 is 37.9 Å². The van der Waals surface area contributed by atoms with Crippen LogP contribution >= 0.6 is 15.9 Å². The molecule has 0 saturated carbocycles. The maximum Gasteiger partial charge on any atom is 0.336 e. The fourth-order valence-electron chi connectivity index (χ4n) is 1.37. The molecule has 7 nitrogen and oxygen atoms in total. The lowest BCUT2D eigenvalue weighted by molar-refractivity contribution is 0.0695. The Labute approximate surface area is 122 Å². The Hall–Kier alpha value is -2.00. The van der Waals surface area contributed by atoms with Crippen LogP contribution in [-0.4, -0.2) is 29.5 Å². The number of anilines is 1. The lowest BCUT2D eigenvalue weighted by Gasteiger charge is -2.07. The van der Waals surface area contributed by atoms with Crippen molar-refractivity contribution in [2.75, 3.05) is 4.72 Å². The third kappa shape index (κ3) is 3.11. The van der Waals surface area contributed by atoms with Crippen LogP contribution in [0.2, 0.25) is 0 Å². The summed E-state index contributed by atoms with van der Waals surface area (Å²) >= 11 is 3.04. The van der Waals surface area contributed by atoms with Crippen LogP contribution in [0.15, 0.2) is 46.0 Å². The molecule has 2 rings (SSSR count). The molecular formula is C11H8BrN3O4S. The first-order valence-corrected chi connectivity index (χ1v) is 7.50. The van der Waals surface area contributed by atoms with Gasteiger partial charge in [0, 0.05) is 16.9 Å². The molecule has 0 bridgehead atoms. The van der Waals surface area contributed by atoms with Crippen LogP contribution in [0, 0.1) is 0 Å². The van der Waals surface area contributed by atoms with E-state index >= 15 is 0 Å². The fourth-order valence-corrected chi connectivity index (χ4v) is 2.77. The Morgan fingerprint density at radius 3 is 2.50 bits per heavy atom. The molecule has 1 heterocycles. The maximum atomic E-state index is 12.1. The molecule has 0 aliphatic rings. The van der Waals surface area contributed by atoms with Gasteiger partial charge in [-0.25, -0.2) is 27.9 Å². The molecule has 0 fully saturated rings. The Balaban J connectivity index is 2.40.